The molecule has 0 saturated carbocycles. The molecule has 1 heterocycles. The summed E-state index contributed by atoms with van der Waals surface area (Å²) in [6.45, 7) is 0.748. The lowest BCUT2D eigenvalue weighted by Crippen LogP contribution is -2.33. The minimum Gasteiger partial charge on any atom is -0.492 e. The van der Waals surface area contributed by atoms with E-state index in [1.165, 1.54) is 31.4 Å². The van der Waals surface area contributed by atoms with E-state index < -0.39 is 5.97 Å². The van der Waals surface area contributed by atoms with Gasteiger partial charge in [0.25, 0.3) is 0 Å². The van der Waals surface area contributed by atoms with Crippen molar-refractivity contribution >= 4 is 22.8 Å². The van der Waals surface area contributed by atoms with Crippen molar-refractivity contribution in [2.24, 2.45) is 0 Å². The van der Waals surface area contributed by atoms with Gasteiger partial charge in [0.1, 0.15) is 24.7 Å². The lowest BCUT2D eigenvalue weighted by atomic mass is 10.2. The fourth-order valence-electron chi connectivity index (χ4n) is 2.87. The summed E-state index contributed by atoms with van der Waals surface area (Å²) in [5, 5.41) is 0.740. The van der Waals surface area contributed by atoms with Crippen molar-refractivity contribution in [3.63, 3.8) is 0 Å². The highest BCUT2D eigenvalue weighted by atomic mass is 19.1. The SMILES string of the molecule is COC(=O)c1cn(CC(=O)N(C)CCOc2ccc(F)cc2)c2ccccc12. The van der Waals surface area contributed by atoms with Gasteiger partial charge in [0, 0.05) is 24.1 Å². The van der Waals surface area contributed by atoms with Gasteiger partial charge in [-0.2, -0.15) is 0 Å². The molecular weight excluding hydrogens is 363 g/mol. The van der Waals surface area contributed by atoms with Crippen molar-refractivity contribution in [3.05, 3.63) is 66.1 Å². The van der Waals surface area contributed by atoms with Crippen LogP contribution in [-0.2, 0) is 16.1 Å². The first kappa shape index (κ1) is 19.4. The highest BCUT2D eigenvalue weighted by Gasteiger charge is 2.17. The standard InChI is InChI=1S/C21H21FN2O4/c1-23(11-12-28-16-9-7-15(22)8-10-16)20(25)14-24-13-18(21(26)27-2)17-5-3-4-6-19(17)24/h3-10,13H,11-12,14H2,1-2H3. The highest BCUT2D eigenvalue weighted by Crippen LogP contribution is 2.22. The largest absolute Gasteiger partial charge is 0.492 e. The second kappa shape index (κ2) is 8.56. The number of hydrogen-bond donors (Lipinski definition) is 0. The number of fused-ring (bicyclic) bond motifs is 1. The molecular formula is C21H21FN2O4. The van der Waals surface area contributed by atoms with Gasteiger partial charge >= 0.3 is 5.97 Å². The van der Waals surface area contributed by atoms with E-state index in [4.69, 9.17) is 9.47 Å². The minimum atomic E-state index is -0.441. The van der Waals surface area contributed by atoms with Crippen LogP contribution in [-0.4, -0.2) is 48.7 Å². The van der Waals surface area contributed by atoms with E-state index >= 15 is 0 Å². The number of carbonyl (C=O) groups excluding carboxylic acids is 2. The van der Waals surface area contributed by atoms with Crippen LogP contribution in [0.4, 0.5) is 4.39 Å². The van der Waals surface area contributed by atoms with Crippen molar-refractivity contribution in [2.75, 3.05) is 27.3 Å². The Balaban J connectivity index is 1.63. The maximum Gasteiger partial charge on any atom is 0.340 e. The first-order chi connectivity index (χ1) is 13.5. The number of nitrogens with zero attached hydrogens (tertiary/aromatic N) is 2. The van der Waals surface area contributed by atoms with Gasteiger partial charge in [0.15, 0.2) is 0 Å². The molecule has 0 aliphatic carbocycles. The quantitative estimate of drug-likeness (QED) is 0.588. The number of halogens is 1. The van der Waals surface area contributed by atoms with Crippen molar-refractivity contribution in [1.29, 1.82) is 0 Å². The van der Waals surface area contributed by atoms with Gasteiger partial charge < -0.3 is 18.9 Å². The lowest BCUT2D eigenvalue weighted by Gasteiger charge is -2.18. The molecule has 0 aliphatic rings. The second-order valence-electron chi connectivity index (χ2n) is 6.30. The van der Waals surface area contributed by atoms with E-state index in [1.54, 1.807) is 22.7 Å². The fraction of sp³-hybridized carbons (Fsp3) is 0.238. The number of ether oxygens (including phenoxy) is 2. The molecule has 0 radical (unpaired) electrons. The normalized spacial score (nSPS) is 10.7. The summed E-state index contributed by atoms with van der Waals surface area (Å²) in [5.74, 6) is -0.352. The van der Waals surface area contributed by atoms with Gasteiger partial charge in [-0.3, -0.25) is 4.79 Å². The molecule has 0 bridgehead atoms. The number of methoxy groups -OCH3 is 1. The van der Waals surface area contributed by atoms with Gasteiger partial charge in [-0.1, -0.05) is 18.2 Å². The van der Waals surface area contributed by atoms with E-state index in [2.05, 4.69) is 0 Å². The van der Waals surface area contributed by atoms with Crippen LogP contribution in [0.15, 0.2) is 54.7 Å². The minimum absolute atomic E-state index is 0.0879. The molecule has 3 rings (SSSR count). The van der Waals surface area contributed by atoms with Gasteiger partial charge in [0.05, 0.1) is 19.2 Å². The zero-order valence-corrected chi connectivity index (χ0v) is 15.7. The fourth-order valence-corrected chi connectivity index (χ4v) is 2.87. The van der Waals surface area contributed by atoms with Gasteiger partial charge in [-0.15, -0.1) is 0 Å². The van der Waals surface area contributed by atoms with Crippen LogP contribution in [0, 0.1) is 5.82 Å². The second-order valence-corrected chi connectivity index (χ2v) is 6.30. The maximum atomic E-state index is 12.9. The number of benzene rings is 2. The topological polar surface area (TPSA) is 60.8 Å². The summed E-state index contributed by atoms with van der Waals surface area (Å²) in [6, 6.07) is 13.1. The highest BCUT2D eigenvalue weighted by molar-refractivity contribution is 6.04. The number of rotatable bonds is 7. The van der Waals surface area contributed by atoms with Crippen LogP contribution in [0.5, 0.6) is 5.75 Å². The molecule has 1 aromatic heterocycles. The molecule has 3 aromatic rings. The number of hydrogen-bond acceptors (Lipinski definition) is 4. The van der Waals surface area contributed by atoms with Crippen molar-refractivity contribution in [2.45, 2.75) is 6.54 Å². The van der Waals surface area contributed by atoms with Crippen LogP contribution in [0.2, 0.25) is 0 Å². The first-order valence-electron chi connectivity index (χ1n) is 8.78. The zero-order valence-electron chi connectivity index (χ0n) is 15.7. The Morgan fingerprint density at radius 3 is 2.54 bits per heavy atom. The van der Waals surface area contributed by atoms with Crippen LogP contribution in [0.25, 0.3) is 10.9 Å². The Hall–Kier alpha value is -3.35. The third kappa shape index (κ3) is 4.31. The monoisotopic (exact) mass is 384 g/mol. The summed E-state index contributed by atoms with van der Waals surface area (Å²) in [6.07, 6.45) is 1.64. The molecule has 0 spiro atoms. The molecule has 0 atom stereocenters. The molecule has 28 heavy (non-hydrogen) atoms. The van der Waals surface area contributed by atoms with E-state index in [0.717, 1.165) is 10.9 Å². The molecule has 6 nitrogen and oxygen atoms in total. The lowest BCUT2D eigenvalue weighted by molar-refractivity contribution is -0.130. The Morgan fingerprint density at radius 2 is 1.82 bits per heavy atom. The predicted molar refractivity (Wildman–Crippen MR) is 103 cm³/mol. The Labute approximate surface area is 162 Å². The number of carbonyl (C=O) groups is 2. The van der Waals surface area contributed by atoms with Crippen LogP contribution in [0.1, 0.15) is 10.4 Å². The molecule has 0 unspecified atom stereocenters. The molecule has 0 saturated heterocycles. The Kier molecular flexibility index (Phi) is 5.93. The average molecular weight is 384 g/mol. The number of likely N-dealkylation sites (N-methyl/N-ethyl adjacent to an activating group) is 1. The summed E-state index contributed by atoms with van der Waals surface area (Å²) in [4.78, 5) is 26.1. The molecule has 0 aliphatic heterocycles. The van der Waals surface area contributed by atoms with Gasteiger partial charge in [0.2, 0.25) is 5.91 Å². The third-order valence-electron chi connectivity index (χ3n) is 4.43. The smallest absolute Gasteiger partial charge is 0.340 e. The Morgan fingerprint density at radius 1 is 1.11 bits per heavy atom. The number of esters is 1. The summed E-state index contributed by atoms with van der Waals surface area (Å²) in [5.41, 5.74) is 1.21. The Bertz CT molecular complexity index is 982. The number of amides is 1. The molecule has 146 valence electrons. The van der Waals surface area contributed by atoms with Crippen LogP contribution >= 0.6 is 0 Å². The average Bonchev–Trinajstić information content (AvgIpc) is 3.07. The van der Waals surface area contributed by atoms with E-state index in [1.807, 2.05) is 24.3 Å². The zero-order chi connectivity index (χ0) is 20.1. The van der Waals surface area contributed by atoms with E-state index in [0.29, 0.717) is 17.9 Å². The van der Waals surface area contributed by atoms with Crippen LogP contribution in [0.3, 0.4) is 0 Å². The molecule has 2 aromatic carbocycles. The van der Waals surface area contributed by atoms with Gasteiger partial charge in [-0.25, -0.2) is 9.18 Å². The van der Waals surface area contributed by atoms with Gasteiger partial charge in [-0.05, 0) is 30.3 Å². The summed E-state index contributed by atoms with van der Waals surface area (Å²) < 4.78 is 25.0. The maximum absolute atomic E-state index is 12.9. The number of para-hydroxylation sites is 1. The van der Waals surface area contributed by atoms with Crippen LogP contribution < -0.4 is 4.74 Å². The first-order valence-corrected chi connectivity index (χ1v) is 8.78. The molecule has 7 heteroatoms. The third-order valence-corrected chi connectivity index (χ3v) is 4.43. The predicted octanol–water partition coefficient (Wildman–Crippen LogP) is 3.10. The van der Waals surface area contributed by atoms with Crippen molar-refractivity contribution in [3.8, 4) is 5.75 Å². The van der Waals surface area contributed by atoms with E-state index in [9.17, 15) is 14.0 Å². The van der Waals surface area contributed by atoms with Crippen molar-refractivity contribution in [1.82, 2.24) is 9.47 Å². The van der Waals surface area contributed by atoms with Crippen molar-refractivity contribution < 1.29 is 23.5 Å². The molecule has 0 N–H and O–H groups in total. The summed E-state index contributed by atoms with van der Waals surface area (Å²) in [7, 11) is 3.01. The van der Waals surface area contributed by atoms with E-state index in [-0.39, 0.29) is 24.9 Å². The molecule has 0 fully saturated rings. The number of aromatic nitrogens is 1. The molecule has 1 amide bonds. The summed E-state index contributed by atoms with van der Waals surface area (Å²) >= 11 is 0.